The number of carbonyl (C=O) groups excluding carboxylic acids is 1. The molecule has 1 aliphatic carbocycles. The van der Waals surface area contributed by atoms with Gasteiger partial charge in [0.15, 0.2) is 0 Å². The van der Waals surface area contributed by atoms with E-state index in [9.17, 15) is 4.79 Å². The maximum atomic E-state index is 11.1. The molecule has 1 fully saturated rings. The van der Waals surface area contributed by atoms with Crippen LogP contribution in [0.3, 0.4) is 0 Å². The van der Waals surface area contributed by atoms with E-state index in [1.165, 1.54) is 12.8 Å². The lowest BCUT2D eigenvalue weighted by atomic mass is 10.2. The van der Waals surface area contributed by atoms with Crippen molar-refractivity contribution in [3.63, 3.8) is 0 Å². The second kappa shape index (κ2) is 2.32. The van der Waals surface area contributed by atoms with Crippen LogP contribution in [-0.4, -0.2) is 17.8 Å². The lowest BCUT2D eigenvalue weighted by Gasteiger charge is -1.96. The van der Waals surface area contributed by atoms with Crippen molar-refractivity contribution in [2.45, 2.75) is 32.2 Å². The molecule has 0 radical (unpaired) electrons. The van der Waals surface area contributed by atoms with Crippen molar-refractivity contribution in [2.75, 3.05) is 0 Å². The van der Waals surface area contributed by atoms with Crippen molar-refractivity contribution in [1.29, 1.82) is 0 Å². The zero-order valence-electron chi connectivity index (χ0n) is 6.63. The SMILES string of the molecule is CCC1N=C(C2CC2)NC1=O. The second-order valence-corrected chi connectivity index (χ2v) is 3.20. The molecular weight excluding hydrogens is 140 g/mol. The summed E-state index contributed by atoms with van der Waals surface area (Å²) in [6.45, 7) is 1.99. The number of rotatable bonds is 2. The van der Waals surface area contributed by atoms with Gasteiger partial charge in [0.25, 0.3) is 0 Å². The monoisotopic (exact) mass is 152 g/mol. The maximum absolute atomic E-state index is 11.1. The maximum Gasteiger partial charge on any atom is 0.250 e. The van der Waals surface area contributed by atoms with Crippen molar-refractivity contribution >= 4 is 11.7 Å². The molecule has 0 spiro atoms. The average molecular weight is 152 g/mol. The Bertz CT molecular complexity index is 218. The molecule has 60 valence electrons. The lowest BCUT2D eigenvalue weighted by molar-refractivity contribution is -0.120. The molecule has 3 nitrogen and oxygen atoms in total. The third kappa shape index (κ3) is 1.15. The van der Waals surface area contributed by atoms with Gasteiger partial charge in [-0.3, -0.25) is 9.79 Å². The van der Waals surface area contributed by atoms with E-state index >= 15 is 0 Å². The molecule has 0 aromatic carbocycles. The van der Waals surface area contributed by atoms with Gasteiger partial charge in [-0.05, 0) is 19.3 Å². The van der Waals surface area contributed by atoms with Gasteiger partial charge in [0.05, 0.1) is 0 Å². The molecule has 1 amide bonds. The van der Waals surface area contributed by atoms with Gasteiger partial charge in [0.2, 0.25) is 5.91 Å². The van der Waals surface area contributed by atoms with Gasteiger partial charge in [-0.1, -0.05) is 6.92 Å². The number of amides is 1. The summed E-state index contributed by atoms with van der Waals surface area (Å²) < 4.78 is 0. The van der Waals surface area contributed by atoms with Crippen LogP contribution < -0.4 is 5.32 Å². The predicted octanol–water partition coefficient (Wildman–Crippen LogP) is 0.703. The number of nitrogens with one attached hydrogen (secondary N) is 1. The van der Waals surface area contributed by atoms with Crippen molar-refractivity contribution < 1.29 is 4.79 Å². The van der Waals surface area contributed by atoms with Crippen LogP contribution in [0.5, 0.6) is 0 Å². The van der Waals surface area contributed by atoms with E-state index in [0.717, 1.165) is 12.3 Å². The molecule has 1 unspecified atom stereocenters. The van der Waals surface area contributed by atoms with Crippen molar-refractivity contribution in [3.8, 4) is 0 Å². The highest BCUT2D eigenvalue weighted by Gasteiger charge is 2.34. The van der Waals surface area contributed by atoms with E-state index in [1.807, 2.05) is 6.92 Å². The Balaban J connectivity index is 2.07. The van der Waals surface area contributed by atoms with E-state index in [1.54, 1.807) is 0 Å². The average Bonchev–Trinajstić information content (AvgIpc) is 2.76. The lowest BCUT2D eigenvalue weighted by Crippen LogP contribution is -2.29. The largest absolute Gasteiger partial charge is 0.312 e. The molecule has 1 atom stereocenters. The third-order valence-corrected chi connectivity index (χ3v) is 2.20. The molecule has 2 aliphatic rings. The zero-order valence-corrected chi connectivity index (χ0v) is 6.63. The van der Waals surface area contributed by atoms with Crippen LogP contribution in [0, 0.1) is 5.92 Å². The van der Waals surface area contributed by atoms with Crippen LogP contribution in [0.15, 0.2) is 4.99 Å². The van der Waals surface area contributed by atoms with E-state index in [0.29, 0.717) is 5.92 Å². The van der Waals surface area contributed by atoms with Crippen molar-refractivity contribution in [1.82, 2.24) is 5.32 Å². The molecule has 1 N–H and O–H groups in total. The number of hydrogen-bond acceptors (Lipinski definition) is 2. The summed E-state index contributed by atoms with van der Waals surface area (Å²) in [7, 11) is 0. The van der Waals surface area contributed by atoms with Gasteiger partial charge >= 0.3 is 0 Å². The Morgan fingerprint density at radius 3 is 2.82 bits per heavy atom. The highest BCUT2D eigenvalue weighted by atomic mass is 16.2. The van der Waals surface area contributed by atoms with Crippen LogP contribution in [0.1, 0.15) is 26.2 Å². The molecule has 1 heterocycles. The van der Waals surface area contributed by atoms with E-state index < -0.39 is 0 Å². The molecule has 0 aromatic heterocycles. The van der Waals surface area contributed by atoms with Crippen molar-refractivity contribution in [3.05, 3.63) is 0 Å². The minimum absolute atomic E-state index is 0.0920. The molecule has 0 saturated heterocycles. The summed E-state index contributed by atoms with van der Waals surface area (Å²) in [6.07, 6.45) is 3.23. The summed E-state index contributed by atoms with van der Waals surface area (Å²) in [6, 6.07) is -0.0920. The number of carbonyl (C=O) groups is 1. The van der Waals surface area contributed by atoms with Crippen LogP contribution in [0.25, 0.3) is 0 Å². The van der Waals surface area contributed by atoms with E-state index in [4.69, 9.17) is 0 Å². The first-order valence-corrected chi connectivity index (χ1v) is 4.20. The zero-order chi connectivity index (χ0) is 7.84. The minimum Gasteiger partial charge on any atom is -0.312 e. The Labute approximate surface area is 65.9 Å². The molecule has 1 aliphatic heterocycles. The van der Waals surface area contributed by atoms with Gasteiger partial charge in [-0.25, -0.2) is 0 Å². The highest BCUT2D eigenvalue weighted by molar-refractivity contribution is 6.07. The van der Waals surface area contributed by atoms with Gasteiger partial charge in [0, 0.05) is 5.92 Å². The Morgan fingerprint density at radius 1 is 1.64 bits per heavy atom. The number of hydrogen-bond donors (Lipinski definition) is 1. The van der Waals surface area contributed by atoms with Gasteiger partial charge in [-0.15, -0.1) is 0 Å². The summed E-state index contributed by atoms with van der Waals surface area (Å²) in [5.74, 6) is 1.62. The molecular formula is C8H12N2O. The minimum atomic E-state index is -0.0920. The molecule has 0 aromatic rings. The van der Waals surface area contributed by atoms with Crippen molar-refractivity contribution in [2.24, 2.45) is 10.9 Å². The number of amidine groups is 1. The Hall–Kier alpha value is -0.860. The molecule has 3 heteroatoms. The summed E-state index contributed by atoms with van der Waals surface area (Å²) in [4.78, 5) is 15.4. The molecule has 11 heavy (non-hydrogen) atoms. The summed E-state index contributed by atoms with van der Waals surface area (Å²) >= 11 is 0. The first-order valence-electron chi connectivity index (χ1n) is 4.20. The second-order valence-electron chi connectivity index (χ2n) is 3.20. The summed E-state index contributed by atoms with van der Waals surface area (Å²) in [5.41, 5.74) is 0. The Kier molecular flexibility index (Phi) is 1.44. The van der Waals surface area contributed by atoms with Gasteiger partial charge in [-0.2, -0.15) is 0 Å². The normalized spacial score (nSPS) is 30.1. The fraction of sp³-hybridized carbons (Fsp3) is 0.750. The first kappa shape index (κ1) is 6.83. The molecule has 1 saturated carbocycles. The highest BCUT2D eigenvalue weighted by Crippen LogP contribution is 2.31. The number of nitrogens with zero attached hydrogens (tertiary/aromatic N) is 1. The standard InChI is InChI=1S/C8H12N2O/c1-2-6-8(11)10-7(9-6)5-3-4-5/h5-6H,2-4H2,1H3,(H,9,10,11). The fourth-order valence-electron chi connectivity index (χ4n) is 1.31. The van der Waals surface area contributed by atoms with Gasteiger partial charge < -0.3 is 5.32 Å². The smallest absolute Gasteiger partial charge is 0.250 e. The van der Waals surface area contributed by atoms with Crippen LogP contribution in [-0.2, 0) is 4.79 Å². The third-order valence-electron chi connectivity index (χ3n) is 2.20. The van der Waals surface area contributed by atoms with E-state index in [-0.39, 0.29) is 11.9 Å². The predicted molar refractivity (Wildman–Crippen MR) is 42.4 cm³/mol. The first-order chi connectivity index (χ1) is 5.31. The molecule has 0 bridgehead atoms. The summed E-state index contributed by atoms with van der Waals surface area (Å²) in [5, 5.41) is 2.83. The Morgan fingerprint density at radius 2 is 2.36 bits per heavy atom. The topological polar surface area (TPSA) is 41.5 Å². The quantitative estimate of drug-likeness (QED) is 0.621. The van der Waals surface area contributed by atoms with Gasteiger partial charge in [0.1, 0.15) is 11.9 Å². The fourth-order valence-corrected chi connectivity index (χ4v) is 1.31. The van der Waals surface area contributed by atoms with Crippen LogP contribution in [0.2, 0.25) is 0 Å². The number of aliphatic imine (C=N–C) groups is 1. The van der Waals surface area contributed by atoms with Crippen LogP contribution in [0.4, 0.5) is 0 Å². The van der Waals surface area contributed by atoms with E-state index in [2.05, 4.69) is 10.3 Å². The molecule has 2 rings (SSSR count). The van der Waals surface area contributed by atoms with Crippen LogP contribution >= 0.6 is 0 Å².